The molecule has 0 unspecified atom stereocenters. The molecule has 2 aromatic heterocycles. The third-order valence-electron chi connectivity index (χ3n) is 5.07. The van der Waals surface area contributed by atoms with Crippen molar-refractivity contribution in [2.45, 2.75) is 0 Å². The number of fused-ring (bicyclic) bond motifs is 3. The topological polar surface area (TPSA) is 69.7 Å². The minimum absolute atomic E-state index is 0.102. The van der Waals surface area contributed by atoms with Crippen LogP contribution in [0.5, 0.6) is 5.75 Å². The number of benzene rings is 3. The monoisotopic (exact) mass is 396 g/mol. The summed E-state index contributed by atoms with van der Waals surface area (Å²) in [5.41, 5.74) is 1.78. The lowest BCUT2D eigenvalue weighted by molar-refractivity contribution is 0.101. The van der Waals surface area contributed by atoms with Crippen LogP contribution in [0.15, 0.2) is 92.5 Å². The average Bonchev–Trinajstić information content (AvgIpc) is 3.21. The summed E-state index contributed by atoms with van der Waals surface area (Å²) in [5.74, 6) is 0.423. The molecule has 2 heterocycles. The third kappa shape index (κ3) is 2.79. The quantitative estimate of drug-likeness (QED) is 0.299. The molecule has 5 nitrogen and oxygen atoms in total. The highest BCUT2D eigenvalue weighted by Gasteiger charge is 2.27. The van der Waals surface area contributed by atoms with Gasteiger partial charge in [-0.25, -0.2) is 4.79 Å². The summed E-state index contributed by atoms with van der Waals surface area (Å²) in [4.78, 5) is 26.3. The van der Waals surface area contributed by atoms with Gasteiger partial charge in [-0.05, 0) is 42.0 Å². The zero-order valence-corrected chi connectivity index (χ0v) is 16.0. The maximum absolute atomic E-state index is 13.4. The normalized spacial score (nSPS) is 11.1. The maximum atomic E-state index is 13.4. The maximum Gasteiger partial charge on any atom is 0.348 e. The predicted octanol–water partition coefficient (Wildman–Crippen LogP) is 5.45. The van der Waals surface area contributed by atoms with Gasteiger partial charge in [0.25, 0.3) is 0 Å². The van der Waals surface area contributed by atoms with E-state index in [1.54, 1.807) is 49.6 Å². The molecule has 0 aliphatic heterocycles. The number of ketones is 1. The van der Waals surface area contributed by atoms with Crippen LogP contribution in [0.4, 0.5) is 0 Å². The van der Waals surface area contributed by atoms with Crippen LogP contribution in [-0.4, -0.2) is 12.9 Å². The Kier molecular flexibility index (Phi) is 4.21. The molecule has 0 fully saturated rings. The third-order valence-corrected chi connectivity index (χ3v) is 5.07. The molecule has 0 saturated heterocycles. The highest BCUT2D eigenvalue weighted by Crippen LogP contribution is 2.37. The highest BCUT2D eigenvalue weighted by molar-refractivity contribution is 6.18. The Bertz CT molecular complexity index is 1440. The largest absolute Gasteiger partial charge is 0.497 e. The van der Waals surface area contributed by atoms with E-state index < -0.39 is 5.63 Å². The first kappa shape index (κ1) is 17.9. The Labute approximate surface area is 171 Å². The predicted molar refractivity (Wildman–Crippen MR) is 114 cm³/mol. The van der Waals surface area contributed by atoms with Gasteiger partial charge < -0.3 is 13.6 Å². The Balaban J connectivity index is 1.84. The van der Waals surface area contributed by atoms with Crippen molar-refractivity contribution in [1.29, 1.82) is 0 Å². The number of rotatable bonds is 4. The second kappa shape index (κ2) is 7.04. The molecule has 0 bridgehead atoms. The smallest absolute Gasteiger partial charge is 0.348 e. The van der Waals surface area contributed by atoms with Crippen LogP contribution in [0, 0.1) is 0 Å². The minimum atomic E-state index is -0.542. The van der Waals surface area contributed by atoms with Gasteiger partial charge in [-0.1, -0.05) is 42.5 Å². The second-order valence-corrected chi connectivity index (χ2v) is 6.82. The minimum Gasteiger partial charge on any atom is -0.497 e. The second-order valence-electron chi connectivity index (χ2n) is 6.82. The zero-order chi connectivity index (χ0) is 20.7. The van der Waals surface area contributed by atoms with Crippen LogP contribution in [0.3, 0.4) is 0 Å². The van der Waals surface area contributed by atoms with E-state index in [0.29, 0.717) is 39.0 Å². The first-order chi connectivity index (χ1) is 14.7. The summed E-state index contributed by atoms with van der Waals surface area (Å²) in [6.45, 7) is 0. The van der Waals surface area contributed by atoms with E-state index in [-0.39, 0.29) is 16.9 Å². The summed E-state index contributed by atoms with van der Waals surface area (Å²) in [7, 11) is 1.56. The Morgan fingerprint density at radius 3 is 2.27 bits per heavy atom. The lowest BCUT2D eigenvalue weighted by atomic mass is 9.98. The van der Waals surface area contributed by atoms with Crippen molar-refractivity contribution in [3.8, 4) is 16.9 Å². The molecule has 0 N–H and O–H groups in total. The van der Waals surface area contributed by atoms with Gasteiger partial charge in [0.15, 0.2) is 11.3 Å². The fourth-order valence-electron chi connectivity index (χ4n) is 3.62. The fraction of sp³-hybridized carbons (Fsp3) is 0.0400. The van der Waals surface area contributed by atoms with Crippen LogP contribution in [0.2, 0.25) is 0 Å². The lowest BCUT2D eigenvalue weighted by Gasteiger charge is -2.04. The standard InChI is InChI=1S/C25H16O5/c1-28-17-13-11-16(12-14-17)22(26)24-20(15-7-3-2-4-8-15)21-23(30-24)18-9-5-6-10-19(18)29-25(21)27/h2-14H,1H3. The number of para-hydroxylation sites is 1. The Morgan fingerprint density at radius 2 is 1.53 bits per heavy atom. The molecule has 146 valence electrons. The molecular formula is C25H16O5. The van der Waals surface area contributed by atoms with E-state index in [1.165, 1.54) is 0 Å². The summed E-state index contributed by atoms with van der Waals surface area (Å²) < 4.78 is 16.8. The SMILES string of the molecule is COc1ccc(C(=O)c2oc3c(c2-c2ccccc2)c(=O)oc2ccccc23)cc1. The van der Waals surface area contributed by atoms with E-state index in [2.05, 4.69) is 0 Å². The molecular weight excluding hydrogens is 380 g/mol. The van der Waals surface area contributed by atoms with Gasteiger partial charge in [-0.15, -0.1) is 0 Å². The van der Waals surface area contributed by atoms with Crippen molar-refractivity contribution in [2.24, 2.45) is 0 Å². The zero-order valence-electron chi connectivity index (χ0n) is 16.0. The van der Waals surface area contributed by atoms with Gasteiger partial charge in [-0.3, -0.25) is 4.79 Å². The molecule has 30 heavy (non-hydrogen) atoms. The van der Waals surface area contributed by atoms with Crippen LogP contribution in [0.1, 0.15) is 16.1 Å². The van der Waals surface area contributed by atoms with Gasteiger partial charge in [0.1, 0.15) is 16.7 Å². The van der Waals surface area contributed by atoms with Gasteiger partial charge in [0.05, 0.1) is 12.5 Å². The van der Waals surface area contributed by atoms with Crippen molar-refractivity contribution in [3.05, 3.63) is 101 Å². The molecule has 0 radical (unpaired) electrons. The summed E-state index contributed by atoms with van der Waals surface area (Å²) >= 11 is 0. The highest BCUT2D eigenvalue weighted by atomic mass is 16.5. The number of hydrogen-bond acceptors (Lipinski definition) is 5. The van der Waals surface area contributed by atoms with Crippen molar-refractivity contribution < 1.29 is 18.4 Å². The first-order valence-corrected chi connectivity index (χ1v) is 9.40. The molecule has 0 aliphatic rings. The summed E-state index contributed by atoms with van der Waals surface area (Å²) in [6.07, 6.45) is 0. The number of furan rings is 1. The molecule has 0 spiro atoms. The first-order valence-electron chi connectivity index (χ1n) is 9.40. The Morgan fingerprint density at radius 1 is 0.833 bits per heavy atom. The lowest BCUT2D eigenvalue weighted by Crippen LogP contribution is -2.03. The van der Waals surface area contributed by atoms with E-state index in [9.17, 15) is 9.59 Å². The van der Waals surface area contributed by atoms with E-state index in [0.717, 1.165) is 0 Å². The van der Waals surface area contributed by atoms with Crippen molar-refractivity contribution in [1.82, 2.24) is 0 Å². The van der Waals surface area contributed by atoms with Crippen LogP contribution in [0.25, 0.3) is 33.1 Å². The number of carbonyl (C=O) groups is 1. The van der Waals surface area contributed by atoms with Crippen molar-refractivity contribution >= 4 is 27.7 Å². The number of methoxy groups -OCH3 is 1. The van der Waals surface area contributed by atoms with Gasteiger partial charge in [0.2, 0.25) is 5.78 Å². The molecule has 0 saturated carbocycles. The molecule has 5 rings (SSSR count). The van der Waals surface area contributed by atoms with Gasteiger partial charge >= 0.3 is 5.63 Å². The van der Waals surface area contributed by atoms with Crippen LogP contribution >= 0.6 is 0 Å². The molecule has 0 aliphatic carbocycles. The number of carbonyl (C=O) groups excluding carboxylic acids is 1. The van der Waals surface area contributed by atoms with Gasteiger partial charge in [-0.2, -0.15) is 0 Å². The molecule has 0 amide bonds. The number of ether oxygens (including phenoxy) is 1. The molecule has 5 heteroatoms. The van der Waals surface area contributed by atoms with E-state index in [4.69, 9.17) is 13.6 Å². The fourth-order valence-corrected chi connectivity index (χ4v) is 3.62. The molecule has 3 aromatic carbocycles. The van der Waals surface area contributed by atoms with E-state index >= 15 is 0 Å². The Hall–Kier alpha value is -4.12. The van der Waals surface area contributed by atoms with Crippen LogP contribution < -0.4 is 10.4 Å². The molecule has 5 aromatic rings. The van der Waals surface area contributed by atoms with Crippen molar-refractivity contribution in [2.75, 3.05) is 7.11 Å². The summed E-state index contributed by atoms with van der Waals surface area (Å²) in [6, 6.07) is 23.1. The van der Waals surface area contributed by atoms with Crippen LogP contribution in [-0.2, 0) is 0 Å². The number of hydrogen-bond donors (Lipinski definition) is 0. The van der Waals surface area contributed by atoms with Gasteiger partial charge in [0, 0.05) is 11.1 Å². The molecule has 0 atom stereocenters. The average molecular weight is 396 g/mol. The van der Waals surface area contributed by atoms with E-state index in [1.807, 2.05) is 36.4 Å². The van der Waals surface area contributed by atoms with Crippen molar-refractivity contribution in [3.63, 3.8) is 0 Å². The summed E-state index contributed by atoms with van der Waals surface area (Å²) in [5, 5.41) is 0.898.